The summed E-state index contributed by atoms with van der Waals surface area (Å²) in [4.78, 5) is 8.39. The van der Waals surface area contributed by atoms with E-state index in [0.717, 1.165) is 22.3 Å². The highest BCUT2D eigenvalue weighted by molar-refractivity contribution is 7.78. The summed E-state index contributed by atoms with van der Waals surface area (Å²) in [6.07, 6.45) is 0. The van der Waals surface area contributed by atoms with E-state index in [4.69, 9.17) is 0 Å². The van der Waals surface area contributed by atoms with Gasteiger partial charge in [-0.15, -0.1) is 0 Å². The Morgan fingerprint density at radius 1 is 1.29 bits per heavy atom. The molecule has 0 spiro atoms. The predicted octanol–water partition coefficient (Wildman–Crippen LogP) is 3.28. The number of rotatable bonds is 1. The van der Waals surface area contributed by atoms with Crippen LogP contribution in [-0.2, 0) is 0 Å². The maximum atomic E-state index is 4.59. The Labute approximate surface area is 87.3 Å². The van der Waals surface area contributed by atoms with Crippen molar-refractivity contribution in [3.05, 3.63) is 36.0 Å². The molecule has 1 aromatic carbocycles. The first-order chi connectivity index (χ1) is 6.81. The number of thiocarbonyl (C=S) groups is 1. The van der Waals surface area contributed by atoms with Crippen molar-refractivity contribution in [3.8, 4) is 0 Å². The fraction of sp³-hybridized carbons (Fsp3) is 0.0909. The Bertz CT molecular complexity index is 528. The lowest BCUT2D eigenvalue weighted by Crippen LogP contribution is -1.82. The van der Waals surface area contributed by atoms with E-state index >= 15 is 0 Å². The molecule has 68 valence electrons. The summed E-state index contributed by atoms with van der Waals surface area (Å²) in [6.45, 7) is 1.96. The Hall–Kier alpha value is -1.57. The van der Waals surface area contributed by atoms with Gasteiger partial charge >= 0.3 is 0 Å². The standard InChI is InChI=1S/C11H8N2S/c1-8-5-6-9-3-2-4-10(12-7-14)11(9)13-8/h2-6H,1H3. The second-order valence-electron chi connectivity index (χ2n) is 3.00. The molecule has 1 heterocycles. The SMILES string of the molecule is Cc1ccc2cccc(N=C=S)c2n1. The van der Waals surface area contributed by atoms with Crippen LogP contribution in [-0.4, -0.2) is 10.1 Å². The molecule has 1 aromatic heterocycles. The van der Waals surface area contributed by atoms with E-state index < -0.39 is 0 Å². The molecule has 0 fully saturated rings. The van der Waals surface area contributed by atoms with Crippen molar-refractivity contribution in [2.45, 2.75) is 6.92 Å². The zero-order chi connectivity index (χ0) is 9.97. The Kier molecular flexibility index (Phi) is 2.35. The van der Waals surface area contributed by atoms with Gasteiger partial charge in [-0.3, -0.25) is 4.98 Å². The lowest BCUT2D eigenvalue weighted by molar-refractivity contribution is 1.25. The molecule has 0 aliphatic carbocycles. The molecule has 3 heteroatoms. The molecule has 0 aliphatic rings. The number of pyridine rings is 1. The van der Waals surface area contributed by atoms with Crippen molar-refractivity contribution in [1.29, 1.82) is 0 Å². The van der Waals surface area contributed by atoms with Crippen molar-refractivity contribution in [2.24, 2.45) is 4.99 Å². The van der Waals surface area contributed by atoms with Gasteiger partial charge in [-0.2, -0.15) is 4.99 Å². The highest BCUT2D eigenvalue weighted by Crippen LogP contribution is 2.23. The minimum absolute atomic E-state index is 0.779. The summed E-state index contributed by atoms with van der Waals surface area (Å²) in [6, 6.07) is 9.83. The second-order valence-corrected chi connectivity index (χ2v) is 3.19. The van der Waals surface area contributed by atoms with Crippen LogP contribution in [0.2, 0.25) is 0 Å². The van der Waals surface area contributed by atoms with Crippen molar-refractivity contribution >= 4 is 34.0 Å². The van der Waals surface area contributed by atoms with Crippen LogP contribution in [0.15, 0.2) is 35.3 Å². The number of aliphatic imine (C=N–C) groups is 1. The molecule has 0 unspecified atom stereocenters. The molecule has 0 N–H and O–H groups in total. The van der Waals surface area contributed by atoms with Crippen LogP contribution in [0.5, 0.6) is 0 Å². The summed E-state index contributed by atoms with van der Waals surface area (Å²) in [5, 5.41) is 3.44. The van der Waals surface area contributed by atoms with E-state index in [9.17, 15) is 0 Å². The van der Waals surface area contributed by atoms with Crippen LogP contribution in [0.4, 0.5) is 5.69 Å². The lowest BCUT2D eigenvalue weighted by Gasteiger charge is -2.00. The first-order valence-electron chi connectivity index (χ1n) is 4.25. The van der Waals surface area contributed by atoms with E-state index in [-0.39, 0.29) is 0 Å². The molecule has 2 aromatic rings. The van der Waals surface area contributed by atoms with E-state index in [1.165, 1.54) is 0 Å². The van der Waals surface area contributed by atoms with E-state index in [2.05, 4.69) is 27.4 Å². The number of para-hydroxylation sites is 1. The molecular formula is C11H8N2S. The topological polar surface area (TPSA) is 25.2 Å². The Balaban J connectivity index is 2.83. The van der Waals surface area contributed by atoms with Gasteiger partial charge in [0.2, 0.25) is 0 Å². The number of nitrogens with zero attached hydrogens (tertiary/aromatic N) is 2. The van der Waals surface area contributed by atoms with Gasteiger partial charge in [-0.25, -0.2) is 0 Å². The summed E-state index contributed by atoms with van der Waals surface area (Å²) in [5.41, 5.74) is 2.63. The zero-order valence-electron chi connectivity index (χ0n) is 7.69. The third-order valence-corrected chi connectivity index (χ3v) is 2.10. The third kappa shape index (κ3) is 1.55. The summed E-state index contributed by atoms with van der Waals surface area (Å²) in [7, 11) is 0. The first-order valence-corrected chi connectivity index (χ1v) is 4.66. The fourth-order valence-electron chi connectivity index (χ4n) is 1.37. The maximum absolute atomic E-state index is 4.59. The first kappa shape index (κ1) is 9.00. The quantitative estimate of drug-likeness (QED) is 0.521. The van der Waals surface area contributed by atoms with E-state index in [1.54, 1.807) is 0 Å². The highest BCUT2D eigenvalue weighted by Gasteiger charge is 2.00. The molecule has 0 aliphatic heterocycles. The van der Waals surface area contributed by atoms with Crippen LogP contribution in [0.1, 0.15) is 5.69 Å². The number of hydrogen-bond donors (Lipinski definition) is 0. The van der Waals surface area contributed by atoms with Gasteiger partial charge in [0.25, 0.3) is 0 Å². The number of isothiocyanates is 1. The van der Waals surface area contributed by atoms with Gasteiger partial charge in [-0.05, 0) is 31.3 Å². The molecule has 14 heavy (non-hydrogen) atoms. The number of aryl methyl sites for hydroxylation is 1. The smallest absolute Gasteiger partial charge is 0.100 e. The third-order valence-electron chi connectivity index (χ3n) is 2.00. The minimum atomic E-state index is 0.779. The van der Waals surface area contributed by atoms with Crippen molar-refractivity contribution < 1.29 is 0 Å². The van der Waals surface area contributed by atoms with Crippen LogP contribution < -0.4 is 0 Å². The highest BCUT2D eigenvalue weighted by atomic mass is 32.1. The number of fused-ring (bicyclic) bond motifs is 1. The van der Waals surface area contributed by atoms with E-state index in [1.807, 2.05) is 37.3 Å². The normalized spacial score (nSPS) is 9.79. The Morgan fingerprint density at radius 3 is 2.93 bits per heavy atom. The molecule has 2 rings (SSSR count). The largest absolute Gasteiger partial charge is 0.251 e. The van der Waals surface area contributed by atoms with Gasteiger partial charge in [0.15, 0.2) is 0 Å². The van der Waals surface area contributed by atoms with Crippen LogP contribution >= 0.6 is 12.2 Å². The molecule has 2 nitrogen and oxygen atoms in total. The molecule has 0 atom stereocenters. The summed E-state index contributed by atoms with van der Waals surface area (Å²) < 4.78 is 0. The molecule has 0 saturated carbocycles. The van der Waals surface area contributed by atoms with Gasteiger partial charge < -0.3 is 0 Å². The lowest BCUT2D eigenvalue weighted by atomic mass is 10.2. The van der Waals surface area contributed by atoms with Crippen molar-refractivity contribution in [3.63, 3.8) is 0 Å². The van der Waals surface area contributed by atoms with Crippen molar-refractivity contribution in [2.75, 3.05) is 0 Å². The van der Waals surface area contributed by atoms with Gasteiger partial charge in [0.05, 0.1) is 10.7 Å². The maximum Gasteiger partial charge on any atom is 0.100 e. The number of hydrogen-bond acceptors (Lipinski definition) is 3. The van der Waals surface area contributed by atoms with E-state index in [0.29, 0.717) is 0 Å². The van der Waals surface area contributed by atoms with Crippen LogP contribution in [0.25, 0.3) is 10.9 Å². The van der Waals surface area contributed by atoms with Gasteiger partial charge in [0.1, 0.15) is 5.69 Å². The predicted molar refractivity (Wildman–Crippen MR) is 61.2 cm³/mol. The van der Waals surface area contributed by atoms with Crippen LogP contribution in [0, 0.1) is 6.92 Å². The van der Waals surface area contributed by atoms with Gasteiger partial charge in [-0.1, -0.05) is 18.2 Å². The zero-order valence-corrected chi connectivity index (χ0v) is 8.51. The second kappa shape index (κ2) is 3.66. The minimum Gasteiger partial charge on any atom is -0.251 e. The van der Waals surface area contributed by atoms with Gasteiger partial charge in [0, 0.05) is 11.1 Å². The fourth-order valence-corrected chi connectivity index (χ4v) is 1.47. The molecule has 0 radical (unpaired) electrons. The number of benzene rings is 1. The molecular weight excluding hydrogens is 192 g/mol. The average Bonchev–Trinajstić information content (AvgIpc) is 2.19. The average molecular weight is 200 g/mol. The summed E-state index contributed by atoms with van der Waals surface area (Å²) in [5.74, 6) is 0. The Morgan fingerprint density at radius 2 is 2.14 bits per heavy atom. The molecule has 0 bridgehead atoms. The molecule has 0 amide bonds. The summed E-state index contributed by atoms with van der Waals surface area (Å²) >= 11 is 4.59. The monoisotopic (exact) mass is 200 g/mol. The number of aromatic nitrogens is 1. The van der Waals surface area contributed by atoms with Crippen LogP contribution in [0.3, 0.4) is 0 Å². The van der Waals surface area contributed by atoms with Crippen molar-refractivity contribution in [1.82, 2.24) is 4.98 Å². The molecule has 0 saturated heterocycles.